The molecule has 0 aliphatic carbocycles. The van der Waals surface area contributed by atoms with Crippen molar-refractivity contribution in [1.29, 1.82) is 0 Å². The van der Waals surface area contributed by atoms with E-state index in [1.807, 2.05) is 20.8 Å². The number of carbonyl (C=O) groups excluding carboxylic acids is 2. The van der Waals surface area contributed by atoms with Gasteiger partial charge >= 0.3 is 0 Å². The molecule has 0 fully saturated rings. The number of benzene rings is 1. The lowest BCUT2D eigenvalue weighted by atomic mass is 10.2. The van der Waals surface area contributed by atoms with Gasteiger partial charge in [0.25, 0.3) is 0 Å². The van der Waals surface area contributed by atoms with Crippen LogP contribution in [0.25, 0.3) is 0 Å². The van der Waals surface area contributed by atoms with E-state index in [1.54, 1.807) is 24.3 Å². The molecule has 0 saturated heterocycles. The Morgan fingerprint density at radius 3 is 2.40 bits per heavy atom. The average Bonchev–Trinajstić information content (AvgIpc) is 2.41. The van der Waals surface area contributed by atoms with E-state index in [4.69, 9.17) is 4.74 Å². The summed E-state index contributed by atoms with van der Waals surface area (Å²) in [4.78, 5) is 23.0. The summed E-state index contributed by atoms with van der Waals surface area (Å²) in [7, 11) is 0. The zero-order chi connectivity index (χ0) is 15.0. The van der Waals surface area contributed by atoms with Crippen LogP contribution in [0.5, 0.6) is 5.75 Å². The van der Waals surface area contributed by atoms with Crippen molar-refractivity contribution in [1.82, 2.24) is 5.32 Å². The SMILES string of the molecule is CCOc1ccc(NC(=O)CCNC(=O)C(C)C)cc1. The lowest BCUT2D eigenvalue weighted by Crippen LogP contribution is -2.30. The molecule has 0 heterocycles. The molecule has 5 nitrogen and oxygen atoms in total. The molecule has 5 heteroatoms. The number of amides is 2. The van der Waals surface area contributed by atoms with E-state index in [2.05, 4.69) is 10.6 Å². The van der Waals surface area contributed by atoms with Crippen molar-refractivity contribution in [3.8, 4) is 5.75 Å². The first-order valence-corrected chi connectivity index (χ1v) is 6.83. The molecule has 0 aromatic heterocycles. The van der Waals surface area contributed by atoms with Gasteiger partial charge in [-0.25, -0.2) is 0 Å². The molecule has 0 aliphatic heterocycles. The summed E-state index contributed by atoms with van der Waals surface area (Å²) >= 11 is 0. The fraction of sp³-hybridized carbons (Fsp3) is 0.467. The molecule has 20 heavy (non-hydrogen) atoms. The van der Waals surface area contributed by atoms with Gasteiger partial charge in [-0.15, -0.1) is 0 Å². The summed E-state index contributed by atoms with van der Waals surface area (Å²) in [5, 5.41) is 5.47. The molecule has 110 valence electrons. The van der Waals surface area contributed by atoms with E-state index in [0.717, 1.165) is 5.75 Å². The monoisotopic (exact) mass is 278 g/mol. The smallest absolute Gasteiger partial charge is 0.226 e. The van der Waals surface area contributed by atoms with Gasteiger partial charge in [0.15, 0.2) is 0 Å². The van der Waals surface area contributed by atoms with Gasteiger partial charge in [0.05, 0.1) is 6.61 Å². The average molecular weight is 278 g/mol. The lowest BCUT2D eigenvalue weighted by molar-refractivity contribution is -0.124. The van der Waals surface area contributed by atoms with Crippen molar-refractivity contribution in [3.63, 3.8) is 0 Å². The van der Waals surface area contributed by atoms with Gasteiger partial charge in [0, 0.05) is 24.6 Å². The minimum absolute atomic E-state index is 0.0427. The summed E-state index contributed by atoms with van der Waals surface area (Å²) in [6.45, 7) is 6.51. The number of rotatable bonds is 7. The van der Waals surface area contributed by atoms with Crippen molar-refractivity contribution >= 4 is 17.5 Å². The molecule has 0 radical (unpaired) electrons. The van der Waals surface area contributed by atoms with Crippen molar-refractivity contribution in [2.75, 3.05) is 18.5 Å². The van der Waals surface area contributed by atoms with Crippen LogP contribution in [0.3, 0.4) is 0 Å². The third kappa shape index (κ3) is 5.73. The number of hydrogen-bond acceptors (Lipinski definition) is 3. The first kappa shape index (κ1) is 16.0. The fourth-order valence-corrected chi connectivity index (χ4v) is 1.53. The molecule has 0 atom stereocenters. The Labute approximate surface area is 119 Å². The first-order chi connectivity index (χ1) is 9.52. The van der Waals surface area contributed by atoms with E-state index in [1.165, 1.54) is 0 Å². The Morgan fingerprint density at radius 1 is 1.20 bits per heavy atom. The molecule has 0 spiro atoms. The van der Waals surface area contributed by atoms with E-state index in [0.29, 0.717) is 18.8 Å². The quantitative estimate of drug-likeness (QED) is 0.803. The third-order valence-electron chi connectivity index (χ3n) is 2.62. The number of carbonyl (C=O) groups is 2. The topological polar surface area (TPSA) is 67.4 Å². The second-order valence-electron chi connectivity index (χ2n) is 4.70. The molecular formula is C15H22N2O3. The van der Waals surface area contributed by atoms with Crippen LogP contribution in [0.4, 0.5) is 5.69 Å². The standard InChI is InChI=1S/C15H22N2O3/c1-4-20-13-7-5-12(6-8-13)17-14(18)9-10-16-15(19)11(2)3/h5-8,11H,4,9-10H2,1-3H3,(H,16,19)(H,17,18). The van der Waals surface area contributed by atoms with Gasteiger partial charge in [-0.3, -0.25) is 9.59 Å². The molecule has 2 N–H and O–H groups in total. The van der Waals surface area contributed by atoms with Crippen molar-refractivity contribution in [2.24, 2.45) is 5.92 Å². The Morgan fingerprint density at radius 2 is 1.85 bits per heavy atom. The maximum absolute atomic E-state index is 11.7. The first-order valence-electron chi connectivity index (χ1n) is 6.83. The van der Waals surface area contributed by atoms with Crippen LogP contribution in [-0.4, -0.2) is 25.0 Å². The van der Waals surface area contributed by atoms with Gasteiger partial charge in [-0.2, -0.15) is 0 Å². The molecular weight excluding hydrogens is 256 g/mol. The van der Waals surface area contributed by atoms with Crippen LogP contribution in [0.2, 0.25) is 0 Å². The summed E-state index contributed by atoms with van der Waals surface area (Å²) < 4.78 is 5.32. The highest BCUT2D eigenvalue weighted by Gasteiger charge is 2.07. The predicted molar refractivity (Wildman–Crippen MR) is 78.7 cm³/mol. The number of hydrogen-bond donors (Lipinski definition) is 2. The zero-order valence-corrected chi connectivity index (χ0v) is 12.2. The van der Waals surface area contributed by atoms with Crippen molar-refractivity contribution in [3.05, 3.63) is 24.3 Å². The Kier molecular flexibility index (Phi) is 6.56. The summed E-state index contributed by atoms with van der Waals surface area (Å²) in [6, 6.07) is 7.19. The van der Waals surface area contributed by atoms with E-state index < -0.39 is 0 Å². The Bertz CT molecular complexity index is 441. The molecule has 1 rings (SSSR count). The van der Waals surface area contributed by atoms with Gasteiger partial charge in [0.2, 0.25) is 11.8 Å². The minimum Gasteiger partial charge on any atom is -0.494 e. The second-order valence-corrected chi connectivity index (χ2v) is 4.70. The Hall–Kier alpha value is -2.04. The van der Waals surface area contributed by atoms with Crippen LogP contribution in [0, 0.1) is 5.92 Å². The minimum atomic E-state index is -0.127. The maximum Gasteiger partial charge on any atom is 0.226 e. The molecule has 2 amide bonds. The van der Waals surface area contributed by atoms with Crippen LogP contribution in [-0.2, 0) is 9.59 Å². The number of nitrogens with one attached hydrogen (secondary N) is 2. The van der Waals surface area contributed by atoms with Crippen LogP contribution < -0.4 is 15.4 Å². The Balaban J connectivity index is 2.33. The normalized spacial score (nSPS) is 10.2. The molecule has 1 aromatic carbocycles. The highest BCUT2D eigenvalue weighted by atomic mass is 16.5. The summed E-state index contributed by atoms with van der Waals surface area (Å²) in [5.74, 6) is 0.538. The van der Waals surface area contributed by atoms with Gasteiger partial charge in [0.1, 0.15) is 5.75 Å². The summed E-state index contributed by atoms with van der Waals surface area (Å²) in [6.07, 6.45) is 0.256. The van der Waals surface area contributed by atoms with Crippen molar-refractivity contribution in [2.45, 2.75) is 27.2 Å². The predicted octanol–water partition coefficient (Wildman–Crippen LogP) is 2.19. The van der Waals surface area contributed by atoms with Crippen LogP contribution >= 0.6 is 0 Å². The largest absolute Gasteiger partial charge is 0.494 e. The van der Waals surface area contributed by atoms with E-state index in [9.17, 15) is 9.59 Å². The van der Waals surface area contributed by atoms with Crippen LogP contribution in [0.15, 0.2) is 24.3 Å². The fourth-order valence-electron chi connectivity index (χ4n) is 1.53. The zero-order valence-electron chi connectivity index (χ0n) is 12.2. The maximum atomic E-state index is 11.7. The van der Waals surface area contributed by atoms with Gasteiger partial charge in [-0.1, -0.05) is 13.8 Å². The van der Waals surface area contributed by atoms with E-state index >= 15 is 0 Å². The summed E-state index contributed by atoms with van der Waals surface area (Å²) in [5.41, 5.74) is 0.716. The molecule has 1 aromatic rings. The third-order valence-corrected chi connectivity index (χ3v) is 2.62. The lowest BCUT2D eigenvalue weighted by Gasteiger charge is -2.09. The molecule has 0 aliphatic rings. The highest BCUT2D eigenvalue weighted by Crippen LogP contribution is 2.15. The number of anilines is 1. The molecule has 0 bridgehead atoms. The van der Waals surface area contributed by atoms with E-state index in [-0.39, 0.29) is 24.2 Å². The number of ether oxygens (including phenoxy) is 1. The highest BCUT2D eigenvalue weighted by molar-refractivity contribution is 5.91. The second kappa shape index (κ2) is 8.19. The van der Waals surface area contributed by atoms with Crippen molar-refractivity contribution < 1.29 is 14.3 Å². The van der Waals surface area contributed by atoms with Gasteiger partial charge in [-0.05, 0) is 31.2 Å². The molecule has 0 unspecified atom stereocenters. The van der Waals surface area contributed by atoms with Crippen LogP contribution in [0.1, 0.15) is 27.2 Å². The van der Waals surface area contributed by atoms with Gasteiger partial charge < -0.3 is 15.4 Å². The molecule has 0 saturated carbocycles.